The third-order valence-corrected chi connectivity index (χ3v) is 8.66. The summed E-state index contributed by atoms with van der Waals surface area (Å²) in [4.78, 5) is 12.7. The maximum absolute atomic E-state index is 11.4. The van der Waals surface area contributed by atoms with Gasteiger partial charge in [0.2, 0.25) is 0 Å². The number of carboxylic acids is 1. The highest BCUT2D eigenvalue weighted by Crippen LogP contribution is 2.51. The van der Waals surface area contributed by atoms with Crippen molar-refractivity contribution in [3.63, 3.8) is 0 Å². The van der Waals surface area contributed by atoms with E-state index in [4.69, 9.17) is 9.47 Å². The summed E-state index contributed by atoms with van der Waals surface area (Å²) < 4.78 is 12.1. The number of aliphatic carboxylic acids is 1. The molecule has 1 aromatic heterocycles. The van der Waals surface area contributed by atoms with E-state index in [1.165, 1.54) is 21.6 Å². The van der Waals surface area contributed by atoms with Crippen molar-refractivity contribution >= 4 is 36.4 Å². The molecule has 1 fully saturated rings. The van der Waals surface area contributed by atoms with Crippen molar-refractivity contribution in [1.29, 1.82) is 0 Å². The minimum absolute atomic E-state index is 0. The lowest BCUT2D eigenvalue weighted by Crippen LogP contribution is -2.11. The van der Waals surface area contributed by atoms with E-state index in [-0.39, 0.29) is 31.2 Å². The first-order valence-electron chi connectivity index (χ1n) is 12.8. The molecular weight excluding hydrogens is 500 g/mol. The standard InChI is InChI=1S/C31H34O4S.H2S/c1-31(2)15-7-11-26(31)29-22(19-36-30(29)24-10-4-5-12-27(24)34-3)18-35-23-9-6-8-21(16-23)25(17-28(32)33)20-13-14-20;/h4-6,8-12,16,19-20,25H,7,13-15,17-18H2,1-3H3,(H,32,33);1H2/t25-;/m0./s1. The molecule has 4 nitrogen and oxygen atoms in total. The van der Waals surface area contributed by atoms with Crippen LogP contribution in [0.2, 0.25) is 0 Å². The summed E-state index contributed by atoms with van der Waals surface area (Å²) in [6.07, 6.45) is 7.00. The van der Waals surface area contributed by atoms with Gasteiger partial charge in [0.15, 0.2) is 0 Å². The monoisotopic (exact) mass is 536 g/mol. The first-order chi connectivity index (χ1) is 17.4. The number of carboxylic acid groups (broad SMARTS) is 1. The number of para-hydroxylation sites is 1. The Balaban J connectivity index is 0.00000320. The zero-order valence-electron chi connectivity index (χ0n) is 21.8. The van der Waals surface area contributed by atoms with E-state index in [0.29, 0.717) is 12.5 Å². The van der Waals surface area contributed by atoms with Crippen LogP contribution in [0.15, 0.2) is 60.0 Å². The summed E-state index contributed by atoms with van der Waals surface area (Å²) >= 11 is 1.74. The summed E-state index contributed by atoms with van der Waals surface area (Å²) in [6, 6.07) is 16.3. The zero-order valence-corrected chi connectivity index (χ0v) is 23.6. The number of rotatable bonds is 10. The van der Waals surface area contributed by atoms with Gasteiger partial charge in [0, 0.05) is 21.6 Å². The van der Waals surface area contributed by atoms with Gasteiger partial charge < -0.3 is 14.6 Å². The molecule has 1 N–H and O–H groups in total. The molecule has 1 heterocycles. The third-order valence-electron chi connectivity index (χ3n) is 7.60. The van der Waals surface area contributed by atoms with Crippen LogP contribution >= 0.6 is 24.8 Å². The van der Waals surface area contributed by atoms with E-state index < -0.39 is 5.97 Å². The van der Waals surface area contributed by atoms with Crippen molar-refractivity contribution in [2.45, 2.75) is 58.5 Å². The van der Waals surface area contributed by atoms with Gasteiger partial charge in [-0.2, -0.15) is 13.5 Å². The van der Waals surface area contributed by atoms with Crippen LogP contribution in [-0.4, -0.2) is 18.2 Å². The lowest BCUT2D eigenvalue weighted by molar-refractivity contribution is -0.137. The molecule has 2 aromatic carbocycles. The molecule has 1 saturated carbocycles. The molecule has 0 aliphatic heterocycles. The van der Waals surface area contributed by atoms with Gasteiger partial charge in [-0.05, 0) is 83.7 Å². The molecule has 5 rings (SSSR count). The number of carbonyl (C=O) groups is 1. The fraction of sp³-hybridized carbons (Fsp3) is 0.387. The zero-order chi connectivity index (χ0) is 25.3. The predicted molar refractivity (Wildman–Crippen MR) is 156 cm³/mol. The van der Waals surface area contributed by atoms with Crippen molar-refractivity contribution < 1.29 is 19.4 Å². The Bertz CT molecular complexity index is 1290. The molecule has 196 valence electrons. The van der Waals surface area contributed by atoms with Crippen molar-refractivity contribution in [3.8, 4) is 21.9 Å². The smallest absolute Gasteiger partial charge is 0.303 e. The molecule has 2 aliphatic carbocycles. The fourth-order valence-electron chi connectivity index (χ4n) is 5.49. The van der Waals surface area contributed by atoms with Crippen LogP contribution in [-0.2, 0) is 11.4 Å². The highest BCUT2D eigenvalue weighted by Gasteiger charge is 2.34. The van der Waals surface area contributed by atoms with Gasteiger partial charge in [0.25, 0.3) is 0 Å². The number of hydrogen-bond acceptors (Lipinski definition) is 4. The van der Waals surface area contributed by atoms with Gasteiger partial charge in [-0.3, -0.25) is 4.79 Å². The van der Waals surface area contributed by atoms with Gasteiger partial charge >= 0.3 is 5.97 Å². The van der Waals surface area contributed by atoms with Crippen LogP contribution in [0.5, 0.6) is 11.5 Å². The average molecular weight is 537 g/mol. The van der Waals surface area contributed by atoms with Crippen LogP contribution in [0.25, 0.3) is 16.0 Å². The summed E-state index contributed by atoms with van der Waals surface area (Å²) in [6.45, 7) is 5.11. The Morgan fingerprint density at radius 1 is 1.16 bits per heavy atom. The maximum Gasteiger partial charge on any atom is 0.303 e. The molecule has 0 amide bonds. The number of methoxy groups -OCH3 is 1. The molecule has 6 heteroatoms. The minimum Gasteiger partial charge on any atom is -0.496 e. The summed E-state index contributed by atoms with van der Waals surface area (Å²) in [7, 11) is 1.72. The van der Waals surface area contributed by atoms with E-state index in [2.05, 4.69) is 37.4 Å². The predicted octanol–water partition coefficient (Wildman–Crippen LogP) is 8.29. The Kier molecular flexibility index (Phi) is 8.39. The number of benzene rings is 2. The SMILES string of the molecule is COc1ccccc1-c1scc(COc2cccc([C@@H](CC(=O)O)C3CC3)c2)c1C1=CCCC1(C)C.S. The molecule has 0 saturated heterocycles. The molecule has 0 bridgehead atoms. The lowest BCUT2D eigenvalue weighted by Gasteiger charge is -2.25. The molecule has 0 spiro atoms. The Hall–Kier alpha value is -2.70. The highest BCUT2D eigenvalue weighted by molar-refractivity contribution is 7.59. The van der Waals surface area contributed by atoms with Gasteiger partial charge in [-0.1, -0.05) is 44.2 Å². The van der Waals surface area contributed by atoms with Crippen molar-refractivity contribution in [1.82, 2.24) is 0 Å². The number of allylic oxidation sites excluding steroid dienone is 2. The maximum atomic E-state index is 11.4. The minimum atomic E-state index is -0.738. The molecule has 1 atom stereocenters. The average Bonchev–Trinajstić information content (AvgIpc) is 3.53. The van der Waals surface area contributed by atoms with Gasteiger partial charge in [0.05, 0.1) is 13.5 Å². The molecular formula is C31H36O4S2. The van der Waals surface area contributed by atoms with Crippen LogP contribution in [0, 0.1) is 11.3 Å². The Morgan fingerprint density at radius 3 is 2.62 bits per heavy atom. The van der Waals surface area contributed by atoms with Crippen LogP contribution < -0.4 is 9.47 Å². The first-order valence-corrected chi connectivity index (χ1v) is 13.6. The molecule has 0 radical (unpaired) electrons. The third kappa shape index (κ3) is 5.91. The lowest BCUT2D eigenvalue weighted by atomic mass is 9.80. The van der Waals surface area contributed by atoms with E-state index in [0.717, 1.165) is 48.3 Å². The van der Waals surface area contributed by atoms with E-state index in [1.807, 2.05) is 36.4 Å². The molecule has 2 aliphatic rings. The second kappa shape index (κ2) is 11.4. The first kappa shape index (κ1) is 27.3. The van der Waals surface area contributed by atoms with E-state index in [9.17, 15) is 9.90 Å². The summed E-state index contributed by atoms with van der Waals surface area (Å²) in [5, 5.41) is 11.6. The van der Waals surface area contributed by atoms with Gasteiger partial charge in [-0.25, -0.2) is 0 Å². The second-order valence-electron chi connectivity index (χ2n) is 10.6. The van der Waals surface area contributed by atoms with E-state index in [1.54, 1.807) is 18.4 Å². The number of thiophene rings is 1. The van der Waals surface area contributed by atoms with Crippen molar-refractivity contribution in [2.75, 3.05) is 7.11 Å². The Morgan fingerprint density at radius 2 is 1.95 bits per heavy atom. The topological polar surface area (TPSA) is 55.8 Å². The molecule has 37 heavy (non-hydrogen) atoms. The number of hydrogen-bond donors (Lipinski definition) is 1. The van der Waals surface area contributed by atoms with Gasteiger partial charge in [0.1, 0.15) is 18.1 Å². The Labute approximate surface area is 230 Å². The van der Waals surface area contributed by atoms with Crippen molar-refractivity contribution in [3.05, 3.63) is 76.7 Å². The van der Waals surface area contributed by atoms with E-state index >= 15 is 0 Å². The quantitative estimate of drug-likeness (QED) is 0.283. The van der Waals surface area contributed by atoms with Crippen LogP contribution in [0.1, 0.15) is 68.6 Å². The second-order valence-corrected chi connectivity index (χ2v) is 11.5. The van der Waals surface area contributed by atoms with Crippen LogP contribution in [0.4, 0.5) is 0 Å². The highest BCUT2D eigenvalue weighted by atomic mass is 32.1. The molecule has 3 aromatic rings. The largest absolute Gasteiger partial charge is 0.496 e. The fourth-order valence-corrected chi connectivity index (χ4v) is 6.59. The molecule has 0 unspecified atom stereocenters. The van der Waals surface area contributed by atoms with Gasteiger partial charge in [-0.15, -0.1) is 11.3 Å². The normalized spacial score (nSPS) is 17.0. The van der Waals surface area contributed by atoms with Crippen molar-refractivity contribution in [2.24, 2.45) is 11.3 Å². The summed E-state index contributed by atoms with van der Waals surface area (Å²) in [5.74, 6) is 1.46. The number of ether oxygens (including phenoxy) is 2. The summed E-state index contributed by atoms with van der Waals surface area (Å²) in [5.41, 5.74) is 6.10. The van der Waals surface area contributed by atoms with Crippen LogP contribution in [0.3, 0.4) is 0 Å².